The zero-order chi connectivity index (χ0) is 22.7. The number of anilines is 2. The fourth-order valence-electron chi connectivity index (χ4n) is 4.52. The maximum atomic E-state index is 13.8. The highest BCUT2D eigenvalue weighted by molar-refractivity contribution is 6.39. The van der Waals surface area contributed by atoms with Crippen LogP contribution >= 0.6 is 0 Å². The number of nitrogens with zero attached hydrogens (tertiary/aromatic N) is 2. The van der Waals surface area contributed by atoms with E-state index >= 15 is 0 Å². The highest BCUT2D eigenvalue weighted by atomic mass is 19.1. The van der Waals surface area contributed by atoms with Gasteiger partial charge in [-0.15, -0.1) is 0 Å². The topological polar surface area (TPSA) is 64.7 Å². The van der Waals surface area contributed by atoms with Gasteiger partial charge in [-0.2, -0.15) is 0 Å². The highest BCUT2D eigenvalue weighted by Crippen LogP contribution is 2.32. The number of amides is 2. The molecule has 2 aliphatic heterocycles. The van der Waals surface area contributed by atoms with Gasteiger partial charge in [0.1, 0.15) is 11.6 Å². The smallest absolute Gasteiger partial charge is 0.313 e. The van der Waals surface area contributed by atoms with Gasteiger partial charge in [0.05, 0.1) is 11.7 Å². The highest BCUT2D eigenvalue weighted by Gasteiger charge is 2.26. The molecule has 1 fully saturated rings. The molecular weight excluding hydrogens is 414 g/mol. The number of halogens is 2. The third-order valence-electron chi connectivity index (χ3n) is 6.29. The van der Waals surface area contributed by atoms with Crippen LogP contribution in [0, 0.1) is 11.6 Å². The second-order valence-corrected chi connectivity index (χ2v) is 8.46. The van der Waals surface area contributed by atoms with Crippen LogP contribution in [0.5, 0.6) is 0 Å². The van der Waals surface area contributed by atoms with Crippen LogP contribution in [-0.4, -0.2) is 49.9 Å². The van der Waals surface area contributed by atoms with Gasteiger partial charge in [-0.25, -0.2) is 8.78 Å². The number of hydrogen-bond donors (Lipinski definition) is 2. The van der Waals surface area contributed by atoms with Crippen molar-refractivity contribution in [1.29, 1.82) is 0 Å². The van der Waals surface area contributed by atoms with Crippen LogP contribution in [0.25, 0.3) is 0 Å². The van der Waals surface area contributed by atoms with E-state index in [1.165, 1.54) is 17.7 Å². The Morgan fingerprint density at radius 3 is 2.53 bits per heavy atom. The Kier molecular flexibility index (Phi) is 6.69. The predicted molar refractivity (Wildman–Crippen MR) is 120 cm³/mol. The number of piperidine rings is 1. The average molecular weight is 443 g/mol. The normalized spacial score (nSPS) is 17.0. The van der Waals surface area contributed by atoms with E-state index in [1.807, 2.05) is 0 Å². The Balaban J connectivity index is 1.45. The Hall–Kier alpha value is -3.00. The molecule has 2 aromatic rings. The lowest BCUT2D eigenvalue weighted by Gasteiger charge is -2.35. The number of rotatable bonds is 5. The zero-order valence-corrected chi connectivity index (χ0v) is 18.2. The van der Waals surface area contributed by atoms with Crippen molar-refractivity contribution < 1.29 is 18.4 Å². The van der Waals surface area contributed by atoms with E-state index in [9.17, 15) is 18.4 Å². The molecule has 0 aliphatic carbocycles. The summed E-state index contributed by atoms with van der Waals surface area (Å²) in [6.07, 6.45) is 4.38. The maximum Gasteiger partial charge on any atom is 0.313 e. The van der Waals surface area contributed by atoms with Gasteiger partial charge in [-0.05, 0) is 61.7 Å². The third kappa shape index (κ3) is 4.91. The van der Waals surface area contributed by atoms with Crippen molar-refractivity contribution in [2.24, 2.45) is 0 Å². The quantitative estimate of drug-likeness (QED) is 0.698. The molecule has 2 heterocycles. The molecule has 0 spiro atoms. The standard InChI is InChI=1S/C24H28F2N4O2/c1-29-12-9-17-13-16(5-8-21(17)29)22(30-10-3-2-4-11-30)15-27-23(31)24(32)28-20-7-6-18(25)14-19(20)26/h5-8,13-14,22H,2-4,9-12,15H2,1H3,(H,27,31)(H,28,32)/t22-/m0/s1. The van der Waals surface area contributed by atoms with Crippen LogP contribution < -0.4 is 15.5 Å². The lowest BCUT2D eigenvalue weighted by Crippen LogP contribution is -2.43. The summed E-state index contributed by atoms with van der Waals surface area (Å²) >= 11 is 0. The monoisotopic (exact) mass is 442 g/mol. The first-order valence-electron chi connectivity index (χ1n) is 11.0. The van der Waals surface area contributed by atoms with Crippen LogP contribution in [0.1, 0.15) is 36.4 Å². The van der Waals surface area contributed by atoms with Crippen LogP contribution in [-0.2, 0) is 16.0 Å². The van der Waals surface area contributed by atoms with Crippen molar-refractivity contribution in [2.75, 3.05) is 43.4 Å². The number of hydrogen-bond acceptors (Lipinski definition) is 4. The van der Waals surface area contributed by atoms with Crippen LogP contribution in [0.3, 0.4) is 0 Å². The summed E-state index contributed by atoms with van der Waals surface area (Å²) in [6, 6.07) is 9.15. The molecule has 8 heteroatoms. The molecule has 2 aliphatic rings. The van der Waals surface area contributed by atoms with Crippen molar-refractivity contribution >= 4 is 23.2 Å². The molecule has 2 aromatic carbocycles. The number of nitrogens with one attached hydrogen (secondary N) is 2. The number of carbonyl (C=O) groups excluding carboxylic acids is 2. The van der Waals surface area contributed by atoms with Gasteiger partial charge in [0.25, 0.3) is 0 Å². The minimum Gasteiger partial charge on any atom is -0.374 e. The van der Waals surface area contributed by atoms with E-state index < -0.39 is 23.4 Å². The van der Waals surface area contributed by atoms with Gasteiger partial charge in [0, 0.05) is 31.9 Å². The van der Waals surface area contributed by atoms with E-state index in [0.717, 1.165) is 56.6 Å². The summed E-state index contributed by atoms with van der Waals surface area (Å²) in [6.45, 7) is 3.13. The molecule has 1 atom stereocenters. The Bertz CT molecular complexity index is 1010. The van der Waals surface area contributed by atoms with Gasteiger partial charge < -0.3 is 15.5 Å². The molecule has 32 heavy (non-hydrogen) atoms. The van der Waals surface area contributed by atoms with Gasteiger partial charge in [0.2, 0.25) is 0 Å². The van der Waals surface area contributed by atoms with Crippen molar-refractivity contribution in [3.8, 4) is 0 Å². The molecule has 6 nitrogen and oxygen atoms in total. The summed E-state index contributed by atoms with van der Waals surface area (Å²) in [7, 11) is 2.08. The van der Waals surface area contributed by atoms with E-state index in [2.05, 4.69) is 45.7 Å². The molecule has 0 unspecified atom stereocenters. The number of likely N-dealkylation sites (tertiary alicyclic amines) is 1. The molecular formula is C24H28F2N4O2. The number of likely N-dealkylation sites (N-methyl/N-ethyl adjacent to an activating group) is 1. The van der Waals surface area contributed by atoms with Gasteiger partial charge in [0.15, 0.2) is 0 Å². The fourth-order valence-corrected chi connectivity index (χ4v) is 4.52. The molecule has 0 saturated carbocycles. The minimum atomic E-state index is -0.983. The predicted octanol–water partition coefficient (Wildman–Crippen LogP) is 3.24. The maximum absolute atomic E-state index is 13.8. The minimum absolute atomic E-state index is 0.0502. The van der Waals surface area contributed by atoms with E-state index in [0.29, 0.717) is 6.07 Å². The lowest BCUT2D eigenvalue weighted by atomic mass is 9.98. The second-order valence-electron chi connectivity index (χ2n) is 8.46. The first-order chi connectivity index (χ1) is 15.4. The van der Waals surface area contributed by atoms with Crippen molar-refractivity contribution in [1.82, 2.24) is 10.2 Å². The Morgan fingerprint density at radius 1 is 1.00 bits per heavy atom. The van der Waals surface area contributed by atoms with Gasteiger partial charge >= 0.3 is 11.8 Å². The summed E-state index contributed by atoms with van der Waals surface area (Å²) < 4.78 is 26.8. The number of benzene rings is 2. The number of carbonyl (C=O) groups is 2. The molecule has 0 radical (unpaired) electrons. The van der Waals surface area contributed by atoms with E-state index in [-0.39, 0.29) is 18.3 Å². The third-order valence-corrected chi connectivity index (χ3v) is 6.29. The fraction of sp³-hybridized carbons (Fsp3) is 0.417. The summed E-state index contributed by atoms with van der Waals surface area (Å²) in [5.41, 5.74) is 3.41. The second kappa shape index (κ2) is 9.65. The largest absolute Gasteiger partial charge is 0.374 e. The SMILES string of the molecule is CN1CCc2cc([C@H](CNC(=O)C(=O)Nc3ccc(F)cc3F)N3CCCCC3)ccc21. The molecule has 0 bridgehead atoms. The van der Waals surface area contributed by atoms with Crippen LogP contribution in [0.4, 0.5) is 20.2 Å². The lowest BCUT2D eigenvalue weighted by molar-refractivity contribution is -0.136. The van der Waals surface area contributed by atoms with Crippen molar-refractivity contribution in [2.45, 2.75) is 31.7 Å². The molecule has 4 rings (SSSR count). The molecule has 0 aromatic heterocycles. The molecule has 2 amide bonds. The number of fused-ring (bicyclic) bond motifs is 1. The first-order valence-corrected chi connectivity index (χ1v) is 11.0. The van der Waals surface area contributed by atoms with E-state index in [4.69, 9.17) is 0 Å². The average Bonchev–Trinajstić information content (AvgIpc) is 3.16. The van der Waals surface area contributed by atoms with Crippen LogP contribution in [0.15, 0.2) is 36.4 Å². The van der Waals surface area contributed by atoms with E-state index in [1.54, 1.807) is 0 Å². The summed E-state index contributed by atoms with van der Waals surface area (Å²) in [4.78, 5) is 29.3. The first kappa shape index (κ1) is 22.2. The van der Waals surface area contributed by atoms with Crippen molar-refractivity contribution in [3.63, 3.8) is 0 Å². The van der Waals surface area contributed by atoms with Crippen molar-refractivity contribution in [3.05, 3.63) is 59.2 Å². The zero-order valence-electron chi connectivity index (χ0n) is 18.2. The van der Waals surface area contributed by atoms with Gasteiger partial charge in [-0.3, -0.25) is 14.5 Å². The molecule has 170 valence electrons. The van der Waals surface area contributed by atoms with Gasteiger partial charge in [-0.1, -0.05) is 18.6 Å². The molecule has 2 N–H and O–H groups in total. The Labute approximate surface area is 186 Å². The summed E-state index contributed by atoms with van der Waals surface area (Å²) in [5.74, 6) is -3.52. The summed E-state index contributed by atoms with van der Waals surface area (Å²) in [5, 5.41) is 4.91. The Morgan fingerprint density at radius 2 is 1.78 bits per heavy atom. The molecule has 1 saturated heterocycles. The van der Waals surface area contributed by atoms with Crippen LogP contribution in [0.2, 0.25) is 0 Å².